The fourth-order valence-corrected chi connectivity index (χ4v) is 12.8. The molecule has 8 nitrogen and oxygen atoms in total. The normalized spacial score (nSPS) is 49.6. The Morgan fingerprint density at radius 2 is 1.28 bits per heavy atom. The number of fused-ring (bicyclic) bond motifs is 6. The van der Waals surface area contributed by atoms with E-state index in [1.165, 1.54) is 6.08 Å². The van der Waals surface area contributed by atoms with Crippen LogP contribution in [0.3, 0.4) is 0 Å². The quantitative estimate of drug-likeness (QED) is 0.223. The summed E-state index contributed by atoms with van der Waals surface area (Å²) in [5.74, 6) is -0.122. The first kappa shape index (κ1) is 34.9. The van der Waals surface area contributed by atoms with Crippen LogP contribution >= 0.6 is 0 Å². The second kappa shape index (κ2) is 11.8. The maximum absolute atomic E-state index is 12.8. The fourth-order valence-electron chi connectivity index (χ4n) is 12.8. The molecular weight excluding hydrogens is 596 g/mol. The van der Waals surface area contributed by atoms with E-state index >= 15 is 0 Å². The van der Waals surface area contributed by atoms with Gasteiger partial charge in [-0.05, 0) is 128 Å². The van der Waals surface area contributed by atoms with Crippen LogP contribution in [-0.2, 0) is 4.79 Å². The third kappa shape index (κ3) is 5.14. The Morgan fingerprint density at radius 1 is 0.745 bits per heavy atom. The van der Waals surface area contributed by atoms with Gasteiger partial charge in [0, 0.05) is 16.9 Å². The Bertz CT molecular complexity index is 1360. The third-order valence-corrected chi connectivity index (χ3v) is 15.4. The van der Waals surface area contributed by atoms with Gasteiger partial charge in [-0.25, -0.2) is 4.79 Å². The van der Waals surface area contributed by atoms with E-state index in [9.17, 15) is 30.3 Å². The number of hydrogen-bond donors (Lipinski definition) is 6. The first-order valence-corrected chi connectivity index (χ1v) is 18.0. The highest BCUT2D eigenvalue weighted by molar-refractivity contribution is 5.85. The molecule has 5 fully saturated rings. The van der Waals surface area contributed by atoms with Gasteiger partial charge < -0.3 is 35.4 Å². The summed E-state index contributed by atoms with van der Waals surface area (Å²) < 4.78 is 6.35. The van der Waals surface area contributed by atoms with E-state index in [0.29, 0.717) is 38.0 Å². The predicted octanol–water partition coefficient (Wildman–Crippen LogP) is 5.43. The van der Waals surface area contributed by atoms with Crippen molar-refractivity contribution in [3.8, 4) is 5.75 Å². The number of aliphatic carboxylic acids is 1. The lowest BCUT2D eigenvalue weighted by atomic mass is 9.40. The van der Waals surface area contributed by atoms with Crippen LogP contribution in [0.5, 0.6) is 5.75 Å². The van der Waals surface area contributed by atoms with E-state index in [2.05, 4.69) is 27.7 Å². The van der Waals surface area contributed by atoms with Crippen LogP contribution in [0.1, 0.15) is 104 Å². The van der Waals surface area contributed by atoms with E-state index < -0.39 is 46.1 Å². The molecule has 5 aliphatic carbocycles. The number of aliphatic hydroxyl groups excluding tert-OH is 4. The highest BCUT2D eigenvalue weighted by Crippen LogP contribution is 2.71. The van der Waals surface area contributed by atoms with E-state index in [-0.39, 0.29) is 41.1 Å². The highest BCUT2D eigenvalue weighted by Gasteiger charge is 2.71. The molecule has 6 rings (SSSR count). The molecule has 0 spiro atoms. The molecule has 0 radical (unpaired) electrons. The zero-order valence-corrected chi connectivity index (χ0v) is 29.0. The van der Waals surface area contributed by atoms with Gasteiger partial charge in [-0.2, -0.15) is 0 Å². The van der Waals surface area contributed by atoms with E-state index in [1.807, 2.05) is 31.2 Å². The topological polar surface area (TPSA) is 148 Å². The summed E-state index contributed by atoms with van der Waals surface area (Å²) in [6.07, 6.45) is 7.90. The van der Waals surface area contributed by atoms with Gasteiger partial charge in [0.1, 0.15) is 5.75 Å². The smallest absolute Gasteiger partial charge is 0.328 e. The molecule has 0 amide bonds. The number of carboxylic acid groups (broad SMARTS) is 1. The number of carbonyl (C=O) groups is 1. The van der Waals surface area contributed by atoms with Crippen molar-refractivity contribution in [1.82, 2.24) is 0 Å². The largest absolute Gasteiger partial charge is 0.493 e. The fraction of sp³-hybridized carbons (Fsp3) is 0.769. The van der Waals surface area contributed by atoms with Gasteiger partial charge in [0.15, 0.2) is 0 Å². The Kier molecular flexibility index (Phi) is 8.78. The SMILES string of the molecule is C[C@]12CC[C@@H](O)[C@](C)(COc3ccc(/C=C/C(=O)O)cc3)[C@@H]1CC[C@@]1(O)[C@H](O)[C@]3(C)CCC4[C@](C)(CC[C@H](O)[C@]4(C)CO)[C@H]3CC[C@H]21. The lowest BCUT2D eigenvalue weighted by molar-refractivity contribution is -0.262. The third-order valence-electron chi connectivity index (χ3n) is 15.4. The number of ether oxygens (including phenoxy) is 1. The number of aliphatic hydroxyl groups is 5. The van der Waals surface area contributed by atoms with Crippen LogP contribution in [0.25, 0.3) is 6.08 Å². The first-order chi connectivity index (χ1) is 22.0. The monoisotopic (exact) mass is 654 g/mol. The molecule has 8 heteroatoms. The van der Waals surface area contributed by atoms with Gasteiger partial charge >= 0.3 is 5.97 Å². The maximum atomic E-state index is 12.8. The zero-order valence-electron chi connectivity index (χ0n) is 29.0. The molecule has 13 atom stereocenters. The van der Waals surface area contributed by atoms with Crippen LogP contribution in [0.2, 0.25) is 0 Å². The van der Waals surface area contributed by atoms with Crippen LogP contribution < -0.4 is 4.74 Å². The van der Waals surface area contributed by atoms with Crippen LogP contribution in [0, 0.1) is 50.7 Å². The van der Waals surface area contributed by atoms with Crippen molar-refractivity contribution in [1.29, 1.82) is 0 Å². The van der Waals surface area contributed by atoms with Crippen molar-refractivity contribution in [3.63, 3.8) is 0 Å². The summed E-state index contributed by atoms with van der Waals surface area (Å²) in [5.41, 5.74) is -2.59. The lowest BCUT2D eigenvalue weighted by Gasteiger charge is -2.66. The van der Waals surface area contributed by atoms with Crippen LogP contribution in [-0.4, -0.2) is 73.7 Å². The summed E-state index contributed by atoms with van der Waals surface area (Å²) in [5, 5.41) is 67.4. The minimum absolute atomic E-state index is 0.0539. The van der Waals surface area contributed by atoms with Crippen LogP contribution in [0.4, 0.5) is 0 Å². The van der Waals surface area contributed by atoms with Gasteiger partial charge in [0.05, 0.1) is 37.1 Å². The molecule has 0 heterocycles. The minimum atomic E-state index is -1.24. The lowest BCUT2D eigenvalue weighted by Crippen LogP contribution is -2.68. The molecule has 0 bridgehead atoms. The minimum Gasteiger partial charge on any atom is -0.493 e. The average Bonchev–Trinajstić information content (AvgIpc) is 3.13. The zero-order chi connectivity index (χ0) is 34.2. The van der Waals surface area contributed by atoms with Gasteiger partial charge in [0.25, 0.3) is 0 Å². The second-order valence-electron chi connectivity index (χ2n) is 17.6. The number of hydrogen-bond acceptors (Lipinski definition) is 7. The number of rotatable bonds is 6. The molecular formula is C39H58O8. The Morgan fingerprint density at radius 3 is 1.89 bits per heavy atom. The highest BCUT2D eigenvalue weighted by atomic mass is 16.5. The van der Waals surface area contributed by atoms with Crippen molar-refractivity contribution < 1.29 is 40.2 Å². The van der Waals surface area contributed by atoms with Crippen molar-refractivity contribution in [2.45, 2.75) is 123 Å². The second-order valence-corrected chi connectivity index (χ2v) is 17.6. The van der Waals surface area contributed by atoms with E-state index in [0.717, 1.165) is 50.2 Å². The predicted molar refractivity (Wildman–Crippen MR) is 179 cm³/mol. The van der Waals surface area contributed by atoms with Crippen molar-refractivity contribution in [3.05, 3.63) is 35.9 Å². The molecule has 5 saturated carbocycles. The van der Waals surface area contributed by atoms with Gasteiger partial charge in [-0.15, -0.1) is 0 Å². The molecule has 0 saturated heterocycles. The summed E-state index contributed by atoms with van der Waals surface area (Å²) in [6.45, 7) is 11.2. The molecule has 6 N–H and O–H groups in total. The van der Waals surface area contributed by atoms with Gasteiger partial charge in [-0.1, -0.05) is 46.8 Å². The Labute approximate surface area is 280 Å². The maximum Gasteiger partial charge on any atom is 0.328 e. The molecule has 5 aliphatic rings. The van der Waals surface area contributed by atoms with Gasteiger partial charge in [0.2, 0.25) is 0 Å². The standard InChI is InChI=1S/C39H58O8/c1-34-19-16-30(41)37(4,22-40)27(34)14-18-36(3)26(34)11-12-29-35(2)20-17-31(42)38(5,28(35)15-21-39(29,46)33(36)45)23-47-25-9-6-24(7-10-25)8-13-32(43)44/h6-10,13,26-31,33,40-42,45-46H,11-12,14-23H2,1-5H3,(H,43,44)/b13-8+/t26-,27?,28-,29-,30+,31-,33-,34-,35+,36-,37-,38-,39+/m1/s1. The molecule has 1 aromatic carbocycles. The molecule has 47 heavy (non-hydrogen) atoms. The summed E-state index contributed by atoms with van der Waals surface area (Å²) in [4.78, 5) is 10.9. The first-order valence-electron chi connectivity index (χ1n) is 18.0. The Hall–Kier alpha value is -1.97. The molecule has 1 unspecified atom stereocenters. The number of carboxylic acids is 1. The molecule has 0 aromatic heterocycles. The Balaban J connectivity index is 1.28. The van der Waals surface area contributed by atoms with Crippen molar-refractivity contribution in [2.24, 2.45) is 50.7 Å². The summed E-state index contributed by atoms with van der Waals surface area (Å²) in [6, 6.07) is 7.27. The molecule has 1 aromatic rings. The summed E-state index contributed by atoms with van der Waals surface area (Å²) in [7, 11) is 0. The van der Waals surface area contributed by atoms with Crippen molar-refractivity contribution >= 4 is 12.0 Å². The van der Waals surface area contributed by atoms with Crippen LogP contribution in [0.15, 0.2) is 30.3 Å². The van der Waals surface area contributed by atoms with Gasteiger partial charge in [-0.3, -0.25) is 0 Å². The van der Waals surface area contributed by atoms with E-state index in [1.54, 1.807) is 0 Å². The number of benzene rings is 1. The summed E-state index contributed by atoms with van der Waals surface area (Å²) >= 11 is 0. The van der Waals surface area contributed by atoms with E-state index in [4.69, 9.17) is 9.84 Å². The average molecular weight is 655 g/mol. The molecule has 0 aliphatic heterocycles. The van der Waals surface area contributed by atoms with Crippen molar-refractivity contribution in [2.75, 3.05) is 13.2 Å². The molecule has 262 valence electrons.